The molecule has 6 nitrogen and oxygen atoms in total. The number of benzene rings is 1. The summed E-state index contributed by atoms with van der Waals surface area (Å²) in [6.45, 7) is 0.595. The Balaban J connectivity index is 2.19. The van der Waals surface area contributed by atoms with Crippen molar-refractivity contribution in [3.63, 3.8) is 0 Å². The Morgan fingerprint density at radius 1 is 1.47 bits per heavy atom. The number of hydrogen-bond donors (Lipinski definition) is 3. The monoisotopic (exact) mass is 268 g/mol. The lowest BCUT2D eigenvalue weighted by Crippen LogP contribution is -2.34. The van der Waals surface area contributed by atoms with Crippen molar-refractivity contribution < 1.29 is 19.4 Å². The number of aliphatic hydroxyl groups excluding tert-OH is 1. The van der Waals surface area contributed by atoms with Gasteiger partial charge in [0.2, 0.25) is 5.91 Å². The number of para-hydroxylation sites is 2. The molecule has 6 heteroatoms. The lowest BCUT2D eigenvalue weighted by molar-refractivity contribution is -0.122. The highest BCUT2D eigenvalue weighted by molar-refractivity contribution is 5.76. The van der Waals surface area contributed by atoms with Crippen molar-refractivity contribution in [2.75, 3.05) is 32.6 Å². The summed E-state index contributed by atoms with van der Waals surface area (Å²) >= 11 is 0. The van der Waals surface area contributed by atoms with Crippen LogP contribution >= 0.6 is 0 Å². The zero-order valence-electron chi connectivity index (χ0n) is 11.0. The molecule has 1 unspecified atom stereocenters. The number of methoxy groups -OCH3 is 1. The van der Waals surface area contributed by atoms with Crippen LogP contribution in [0.5, 0.6) is 5.75 Å². The number of carbonyl (C=O) groups is 1. The molecule has 19 heavy (non-hydrogen) atoms. The summed E-state index contributed by atoms with van der Waals surface area (Å²) in [6, 6.07) is 7.10. The Labute approximate surface area is 112 Å². The Morgan fingerprint density at radius 3 is 2.89 bits per heavy atom. The first-order chi connectivity index (χ1) is 9.13. The van der Waals surface area contributed by atoms with Crippen LogP contribution in [-0.2, 0) is 9.53 Å². The molecular formula is C13H20N2O4. The third-order valence-corrected chi connectivity index (χ3v) is 2.40. The van der Waals surface area contributed by atoms with Crippen LogP contribution in [0, 0.1) is 0 Å². The van der Waals surface area contributed by atoms with Crippen molar-refractivity contribution in [2.45, 2.75) is 12.5 Å². The van der Waals surface area contributed by atoms with Crippen LogP contribution in [0.3, 0.4) is 0 Å². The zero-order valence-corrected chi connectivity index (χ0v) is 11.0. The van der Waals surface area contributed by atoms with E-state index in [-0.39, 0.29) is 32.1 Å². The smallest absolute Gasteiger partial charge is 0.223 e. The first-order valence-corrected chi connectivity index (χ1v) is 6.04. The van der Waals surface area contributed by atoms with Crippen molar-refractivity contribution in [1.82, 2.24) is 5.32 Å². The van der Waals surface area contributed by atoms with Crippen molar-refractivity contribution in [3.05, 3.63) is 24.3 Å². The summed E-state index contributed by atoms with van der Waals surface area (Å²) in [5.74, 6) is 0.374. The van der Waals surface area contributed by atoms with E-state index < -0.39 is 6.10 Å². The van der Waals surface area contributed by atoms with E-state index in [1.54, 1.807) is 12.1 Å². The van der Waals surface area contributed by atoms with Gasteiger partial charge in [-0.05, 0) is 12.1 Å². The molecule has 1 atom stereocenters. The summed E-state index contributed by atoms with van der Waals surface area (Å²) in [5.41, 5.74) is 6.24. The molecule has 1 rings (SSSR count). The van der Waals surface area contributed by atoms with Gasteiger partial charge in [-0.2, -0.15) is 0 Å². The average molecular weight is 268 g/mol. The molecular weight excluding hydrogens is 248 g/mol. The van der Waals surface area contributed by atoms with E-state index >= 15 is 0 Å². The fourth-order valence-electron chi connectivity index (χ4n) is 1.44. The van der Waals surface area contributed by atoms with Gasteiger partial charge in [-0.3, -0.25) is 4.79 Å². The second-order valence-corrected chi connectivity index (χ2v) is 4.05. The molecule has 1 aromatic rings. The largest absolute Gasteiger partial charge is 0.491 e. The second-order valence-electron chi connectivity index (χ2n) is 4.05. The van der Waals surface area contributed by atoms with E-state index in [2.05, 4.69) is 5.32 Å². The maximum atomic E-state index is 11.5. The Hall–Kier alpha value is -1.79. The number of amides is 1. The highest BCUT2D eigenvalue weighted by Crippen LogP contribution is 2.19. The van der Waals surface area contributed by atoms with Gasteiger partial charge in [-0.15, -0.1) is 0 Å². The van der Waals surface area contributed by atoms with E-state index in [1.807, 2.05) is 12.1 Å². The van der Waals surface area contributed by atoms with Crippen LogP contribution in [0.25, 0.3) is 0 Å². The summed E-state index contributed by atoms with van der Waals surface area (Å²) in [7, 11) is 1.49. The van der Waals surface area contributed by atoms with Crippen LogP contribution < -0.4 is 15.8 Å². The van der Waals surface area contributed by atoms with Crippen LogP contribution in [-0.4, -0.2) is 44.0 Å². The molecule has 0 saturated carbocycles. The van der Waals surface area contributed by atoms with Crippen LogP contribution in [0.1, 0.15) is 6.42 Å². The average Bonchev–Trinajstić information content (AvgIpc) is 2.39. The van der Waals surface area contributed by atoms with Crippen molar-refractivity contribution in [1.29, 1.82) is 0 Å². The topological polar surface area (TPSA) is 93.8 Å². The number of nitrogens with two attached hydrogens (primary N) is 1. The number of hydrogen-bond acceptors (Lipinski definition) is 5. The quantitative estimate of drug-likeness (QED) is 0.584. The minimum atomic E-state index is -0.695. The van der Waals surface area contributed by atoms with Gasteiger partial charge in [0.15, 0.2) is 0 Å². The molecule has 1 aromatic carbocycles. The number of rotatable bonds is 8. The van der Waals surface area contributed by atoms with Gasteiger partial charge in [0.05, 0.1) is 31.4 Å². The molecule has 0 aliphatic carbocycles. The molecule has 4 N–H and O–H groups in total. The highest BCUT2D eigenvalue weighted by atomic mass is 16.5. The van der Waals surface area contributed by atoms with Crippen molar-refractivity contribution in [2.24, 2.45) is 0 Å². The van der Waals surface area contributed by atoms with Gasteiger partial charge >= 0.3 is 0 Å². The Bertz CT molecular complexity index is 398. The molecule has 0 aliphatic rings. The van der Waals surface area contributed by atoms with Crippen LogP contribution in [0.15, 0.2) is 24.3 Å². The fraction of sp³-hybridized carbons (Fsp3) is 0.462. The van der Waals surface area contributed by atoms with E-state index in [4.69, 9.17) is 15.2 Å². The second kappa shape index (κ2) is 8.34. The predicted octanol–water partition coefficient (Wildman–Crippen LogP) is 0.161. The molecule has 0 spiro atoms. The van der Waals surface area contributed by atoms with E-state index in [0.717, 1.165) is 0 Å². The van der Waals surface area contributed by atoms with Gasteiger partial charge in [-0.25, -0.2) is 0 Å². The summed E-state index contributed by atoms with van der Waals surface area (Å²) < 4.78 is 10.1. The highest BCUT2D eigenvalue weighted by Gasteiger charge is 2.07. The molecule has 0 fully saturated rings. The lowest BCUT2D eigenvalue weighted by atomic mass is 10.3. The first kappa shape index (κ1) is 15.3. The van der Waals surface area contributed by atoms with Gasteiger partial charge in [-0.1, -0.05) is 12.1 Å². The number of anilines is 1. The fourth-order valence-corrected chi connectivity index (χ4v) is 1.44. The predicted molar refractivity (Wildman–Crippen MR) is 71.9 cm³/mol. The Morgan fingerprint density at radius 2 is 2.21 bits per heavy atom. The maximum absolute atomic E-state index is 11.5. The van der Waals surface area contributed by atoms with Gasteiger partial charge in [0.25, 0.3) is 0 Å². The summed E-state index contributed by atoms with van der Waals surface area (Å²) in [5, 5.41) is 11.9. The standard InChI is InChI=1S/C13H20N2O4/c1-18-9-10(16)8-15-13(17)6-7-19-12-5-3-2-4-11(12)14/h2-5,10,16H,6-9,14H2,1H3,(H,15,17). The SMILES string of the molecule is COCC(O)CNC(=O)CCOc1ccccc1N. The molecule has 0 bridgehead atoms. The van der Waals surface area contributed by atoms with E-state index in [1.165, 1.54) is 7.11 Å². The number of aliphatic hydroxyl groups is 1. The zero-order chi connectivity index (χ0) is 14.1. The molecule has 0 radical (unpaired) electrons. The number of nitrogen functional groups attached to an aromatic ring is 1. The summed E-state index contributed by atoms with van der Waals surface area (Å²) in [6.07, 6.45) is -0.492. The Kier molecular flexibility index (Phi) is 6.70. The van der Waals surface area contributed by atoms with Gasteiger partial charge < -0.3 is 25.6 Å². The first-order valence-electron chi connectivity index (χ1n) is 6.04. The molecule has 0 aromatic heterocycles. The molecule has 1 amide bonds. The van der Waals surface area contributed by atoms with Crippen molar-refractivity contribution in [3.8, 4) is 5.75 Å². The molecule has 106 valence electrons. The number of nitrogens with one attached hydrogen (secondary N) is 1. The molecule has 0 saturated heterocycles. The van der Waals surface area contributed by atoms with E-state index in [9.17, 15) is 9.90 Å². The molecule has 0 aliphatic heterocycles. The lowest BCUT2D eigenvalue weighted by Gasteiger charge is -2.11. The van der Waals surface area contributed by atoms with Gasteiger partial charge in [0.1, 0.15) is 5.75 Å². The van der Waals surface area contributed by atoms with Crippen molar-refractivity contribution >= 4 is 11.6 Å². The normalized spacial score (nSPS) is 11.9. The van der Waals surface area contributed by atoms with Gasteiger partial charge in [0, 0.05) is 13.7 Å². The van der Waals surface area contributed by atoms with Crippen LogP contribution in [0.4, 0.5) is 5.69 Å². The third-order valence-electron chi connectivity index (χ3n) is 2.40. The van der Waals surface area contributed by atoms with E-state index in [0.29, 0.717) is 11.4 Å². The minimum absolute atomic E-state index is 0.167. The van der Waals surface area contributed by atoms with Crippen LogP contribution in [0.2, 0.25) is 0 Å². The number of carbonyl (C=O) groups excluding carboxylic acids is 1. The maximum Gasteiger partial charge on any atom is 0.223 e. The minimum Gasteiger partial charge on any atom is -0.491 e. The summed E-state index contributed by atoms with van der Waals surface area (Å²) in [4.78, 5) is 11.5. The number of ether oxygens (including phenoxy) is 2. The third kappa shape index (κ3) is 6.08. The molecule has 0 heterocycles.